The number of halogens is 1. The van der Waals surface area contributed by atoms with Gasteiger partial charge in [-0.05, 0) is 60.9 Å². The molecule has 0 fully saturated rings. The molecule has 1 aromatic heterocycles. The van der Waals surface area contributed by atoms with Crippen LogP contribution >= 0.6 is 15.9 Å². The molecule has 2 aromatic carbocycles. The summed E-state index contributed by atoms with van der Waals surface area (Å²) in [7, 11) is 0. The predicted molar refractivity (Wildman–Crippen MR) is 89.4 cm³/mol. The van der Waals surface area contributed by atoms with E-state index in [0.29, 0.717) is 0 Å². The molecule has 1 heterocycles. The monoisotopic (exact) mass is 341 g/mol. The molecule has 1 unspecified atom stereocenters. The first-order valence-corrected chi connectivity index (χ1v) is 7.65. The number of fused-ring (bicyclic) bond motifs is 1. The van der Waals surface area contributed by atoms with Gasteiger partial charge in [-0.2, -0.15) is 0 Å². The van der Waals surface area contributed by atoms with Gasteiger partial charge < -0.3 is 5.11 Å². The summed E-state index contributed by atoms with van der Waals surface area (Å²) in [6, 6.07) is 15.9. The van der Waals surface area contributed by atoms with Gasteiger partial charge in [0.05, 0.1) is 5.52 Å². The zero-order valence-corrected chi connectivity index (χ0v) is 13.6. The number of rotatable bonds is 2. The van der Waals surface area contributed by atoms with Crippen LogP contribution in [0.5, 0.6) is 0 Å². The largest absolute Gasteiger partial charge is 0.384 e. The van der Waals surface area contributed by atoms with E-state index in [0.717, 1.165) is 37.8 Å². The average Bonchev–Trinajstić information content (AvgIpc) is 2.45. The Hall–Kier alpha value is -1.71. The van der Waals surface area contributed by atoms with Crippen molar-refractivity contribution >= 4 is 26.8 Å². The molecule has 0 bridgehead atoms. The molecule has 0 saturated carbocycles. The highest BCUT2D eigenvalue weighted by Gasteiger charge is 2.12. The van der Waals surface area contributed by atoms with Crippen LogP contribution in [0.25, 0.3) is 10.9 Å². The van der Waals surface area contributed by atoms with Gasteiger partial charge in [0.15, 0.2) is 0 Å². The maximum Gasteiger partial charge on any atom is 0.104 e. The van der Waals surface area contributed by atoms with Gasteiger partial charge in [-0.1, -0.05) is 34.1 Å². The van der Waals surface area contributed by atoms with E-state index >= 15 is 0 Å². The van der Waals surface area contributed by atoms with Gasteiger partial charge in [-0.3, -0.25) is 4.98 Å². The number of hydrogen-bond acceptors (Lipinski definition) is 2. The van der Waals surface area contributed by atoms with E-state index in [1.165, 1.54) is 0 Å². The molecular formula is C18H16BrNO. The minimum absolute atomic E-state index is 0.632. The van der Waals surface area contributed by atoms with Gasteiger partial charge in [-0.25, -0.2) is 0 Å². The second-order valence-corrected chi connectivity index (χ2v) is 6.28. The van der Waals surface area contributed by atoms with Crippen LogP contribution < -0.4 is 0 Å². The molecule has 3 heteroatoms. The second kappa shape index (κ2) is 5.58. The minimum Gasteiger partial charge on any atom is -0.384 e. The van der Waals surface area contributed by atoms with Crippen LogP contribution in [0.4, 0.5) is 0 Å². The Labute approximate surface area is 132 Å². The molecule has 1 N–H and O–H groups in total. The Balaban J connectivity index is 2.04. The van der Waals surface area contributed by atoms with Crippen molar-refractivity contribution in [2.75, 3.05) is 0 Å². The molecule has 0 saturated heterocycles. The maximum atomic E-state index is 10.6. The Morgan fingerprint density at radius 3 is 2.52 bits per heavy atom. The van der Waals surface area contributed by atoms with Crippen molar-refractivity contribution in [2.24, 2.45) is 0 Å². The lowest BCUT2D eigenvalue weighted by atomic mass is 9.98. The minimum atomic E-state index is -0.632. The van der Waals surface area contributed by atoms with Crippen molar-refractivity contribution in [3.8, 4) is 0 Å². The first-order valence-electron chi connectivity index (χ1n) is 6.85. The maximum absolute atomic E-state index is 10.6. The van der Waals surface area contributed by atoms with Crippen molar-refractivity contribution < 1.29 is 5.11 Å². The lowest BCUT2D eigenvalue weighted by Crippen LogP contribution is -2.00. The highest BCUT2D eigenvalue weighted by Crippen LogP contribution is 2.27. The molecule has 0 radical (unpaired) electrons. The van der Waals surface area contributed by atoms with Crippen LogP contribution in [0, 0.1) is 13.8 Å². The van der Waals surface area contributed by atoms with Crippen molar-refractivity contribution in [1.29, 1.82) is 0 Å². The summed E-state index contributed by atoms with van der Waals surface area (Å²) in [5.41, 5.74) is 4.85. The van der Waals surface area contributed by atoms with Gasteiger partial charge in [0, 0.05) is 15.6 Å². The summed E-state index contributed by atoms with van der Waals surface area (Å²) in [4.78, 5) is 4.49. The second-order valence-electron chi connectivity index (χ2n) is 5.37. The van der Waals surface area contributed by atoms with E-state index in [9.17, 15) is 5.11 Å². The van der Waals surface area contributed by atoms with Gasteiger partial charge in [0.1, 0.15) is 6.10 Å². The van der Waals surface area contributed by atoms with Crippen molar-refractivity contribution in [2.45, 2.75) is 20.0 Å². The van der Waals surface area contributed by atoms with Gasteiger partial charge in [0.2, 0.25) is 0 Å². The Bertz CT molecular complexity index is 793. The fourth-order valence-corrected chi connectivity index (χ4v) is 3.16. The topological polar surface area (TPSA) is 33.1 Å². The summed E-state index contributed by atoms with van der Waals surface area (Å²) in [6.45, 7) is 4.00. The normalized spacial score (nSPS) is 12.6. The molecule has 106 valence electrons. The lowest BCUT2D eigenvalue weighted by Gasteiger charge is -2.13. The van der Waals surface area contributed by atoms with E-state index in [4.69, 9.17) is 0 Å². The van der Waals surface area contributed by atoms with Gasteiger partial charge in [0.25, 0.3) is 0 Å². The molecule has 0 aliphatic rings. The smallest absolute Gasteiger partial charge is 0.104 e. The Kier molecular flexibility index (Phi) is 3.79. The number of hydrogen-bond donors (Lipinski definition) is 1. The van der Waals surface area contributed by atoms with Crippen LogP contribution in [0.2, 0.25) is 0 Å². The molecule has 0 spiro atoms. The van der Waals surface area contributed by atoms with Crippen molar-refractivity contribution in [3.05, 3.63) is 75.4 Å². The first kappa shape index (κ1) is 14.2. The molecule has 21 heavy (non-hydrogen) atoms. The summed E-state index contributed by atoms with van der Waals surface area (Å²) < 4.78 is 0.981. The third-order valence-corrected chi connectivity index (χ3v) is 4.01. The number of pyridine rings is 1. The van der Waals surface area contributed by atoms with Crippen molar-refractivity contribution in [1.82, 2.24) is 4.98 Å². The van der Waals surface area contributed by atoms with Crippen LogP contribution in [0.15, 0.2) is 53.0 Å². The molecule has 1 atom stereocenters. The highest BCUT2D eigenvalue weighted by molar-refractivity contribution is 9.10. The molecule has 0 aliphatic heterocycles. The molecule has 3 rings (SSSR count). The number of nitrogens with zero attached hydrogens (tertiary/aromatic N) is 1. The number of benzene rings is 2. The SMILES string of the molecule is Cc1cc(Br)cc(C(O)c2ccc3nc(C)ccc3c2)c1. The van der Waals surface area contributed by atoms with Gasteiger partial charge >= 0.3 is 0 Å². The Morgan fingerprint density at radius 1 is 0.952 bits per heavy atom. The van der Waals surface area contributed by atoms with Crippen LogP contribution in [0.3, 0.4) is 0 Å². The van der Waals surface area contributed by atoms with Crippen molar-refractivity contribution in [3.63, 3.8) is 0 Å². The third kappa shape index (κ3) is 2.99. The number of aliphatic hydroxyl groups is 1. The predicted octanol–water partition coefficient (Wildman–Crippen LogP) is 4.70. The molecule has 0 amide bonds. The molecule has 3 aromatic rings. The molecule has 0 aliphatic carbocycles. The van der Waals surface area contributed by atoms with E-state index in [1.54, 1.807) is 0 Å². The van der Waals surface area contributed by atoms with Crippen LogP contribution in [0.1, 0.15) is 28.5 Å². The van der Waals surface area contributed by atoms with Crippen LogP contribution in [-0.2, 0) is 0 Å². The summed E-state index contributed by atoms with van der Waals surface area (Å²) >= 11 is 3.48. The number of aryl methyl sites for hydroxylation is 2. The highest BCUT2D eigenvalue weighted by atomic mass is 79.9. The van der Waals surface area contributed by atoms with Gasteiger partial charge in [-0.15, -0.1) is 0 Å². The first-order chi connectivity index (χ1) is 10.0. The summed E-state index contributed by atoms with van der Waals surface area (Å²) in [6.07, 6.45) is -0.632. The van der Waals surface area contributed by atoms with E-state index < -0.39 is 6.10 Å². The van der Waals surface area contributed by atoms with E-state index in [2.05, 4.69) is 20.9 Å². The average molecular weight is 342 g/mol. The fourth-order valence-electron chi connectivity index (χ4n) is 2.53. The van der Waals surface area contributed by atoms with E-state index in [1.807, 2.05) is 62.4 Å². The standard InChI is InChI=1S/C18H16BrNO/c1-11-7-15(10-16(19)8-11)18(21)14-5-6-17-13(9-14)4-3-12(2)20-17/h3-10,18,21H,1-2H3. The number of aliphatic hydroxyl groups excluding tert-OH is 1. The quantitative estimate of drug-likeness (QED) is 0.733. The fraction of sp³-hybridized carbons (Fsp3) is 0.167. The lowest BCUT2D eigenvalue weighted by molar-refractivity contribution is 0.220. The summed E-state index contributed by atoms with van der Waals surface area (Å²) in [5, 5.41) is 11.7. The van der Waals surface area contributed by atoms with E-state index in [-0.39, 0.29) is 0 Å². The number of aromatic nitrogens is 1. The summed E-state index contributed by atoms with van der Waals surface area (Å²) in [5.74, 6) is 0. The zero-order chi connectivity index (χ0) is 15.0. The third-order valence-electron chi connectivity index (χ3n) is 3.55. The van der Waals surface area contributed by atoms with Crippen LogP contribution in [-0.4, -0.2) is 10.1 Å². The zero-order valence-electron chi connectivity index (χ0n) is 12.0. The molecular weight excluding hydrogens is 326 g/mol. The molecule has 2 nitrogen and oxygen atoms in total. The Morgan fingerprint density at radius 2 is 1.76 bits per heavy atom.